The summed E-state index contributed by atoms with van der Waals surface area (Å²) >= 11 is 0. The largest absolute Gasteiger partial charge is 0.399 e. The average Bonchev–Trinajstić information content (AvgIpc) is 2.22. The number of nitrogens with zero attached hydrogens (tertiary/aromatic N) is 1. The summed E-state index contributed by atoms with van der Waals surface area (Å²) in [5, 5.41) is 0. The molecule has 2 rings (SSSR count). The molecule has 0 amide bonds. The summed E-state index contributed by atoms with van der Waals surface area (Å²) in [4.78, 5) is 2.50. The van der Waals surface area contributed by atoms with Crippen LogP contribution in [0.4, 0.5) is 11.4 Å². The molecule has 1 fully saturated rings. The molecule has 0 bridgehead atoms. The number of aryl methyl sites for hydroxylation is 1. The Kier molecular flexibility index (Phi) is 3.70. The molecule has 0 spiro atoms. The summed E-state index contributed by atoms with van der Waals surface area (Å²) in [5.41, 5.74) is 9.43. The fourth-order valence-corrected chi connectivity index (χ4v) is 2.46. The fraction of sp³-hybridized carbons (Fsp3) is 0.571. The lowest BCUT2D eigenvalue weighted by atomic mass is 10.1. The Balaban J connectivity index is 2.16. The van der Waals surface area contributed by atoms with Crippen molar-refractivity contribution in [2.75, 3.05) is 23.7 Å². The highest BCUT2D eigenvalue weighted by molar-refractivity contribution is 5.60. The Labute approximate surface area is 98.4 Å². The van der Waals surface area contributed by atoms with Crippen molar-refractivity contribution in [3.63, 3.8) is 0 Å². The van der Waals surface area contributed by atoms with E-state index in [1.165, 1.54) is 56.4 Å². The SMILES string of the molecule is Cc1ccc(N)cc1N1CCCCCCC1. The molecule has 1 aromatic carbocycles. The van der Waals surface area contributed by atoms with E-state index in [9.17, 15) is 0 Å². The zero-order valence-corrected chi connectivity index (χ0v) is 10.2. The molecule has 2 nitrogen and oxygen atoms in total. The average molecular weight is 218 g/mol. The van der Waals surface area contributed by atoms with Crippen molar-refractivity contribution in [2.45, 2.75) is 39.0 Å². The van der Waals surface area contributed by atoms with Crippen LogP contribution >= 0.6 is 0 Å². The van der Waals surface area contributed by atoms with Gasteiger partial charge in [-0.15, -0.1) is 0 Å². The Morgan fingerprint density at radius 2 is 1.62 bits per heavy atom. The molecular weight excluding hydrogens is 196 g/mol. The lowest BCUT2D eigenvalue weighted by molar-refractivity contribution is 0.556. The van der Waals surface area contributed by atoms with E-state index in [0.717, 1.165) is 5.69 Å². The fourth-order valence-electron chi connectivity index (χ4n) is 2.46. The van der Waals surface area contributed by atoms with Gasteiger partial charge < -0.3 is 10.6 Å². The maximum absolute atomic E-state index is 5.88. The van der Waals surface area contributed by atoms with Crippen LogP contribution in [0.3, 0.4) is 0 Å². The molecule has 1 heterocycles. The second-order valence-electron chi connectivity index (χ2n) is 4.80. The second-order valence-corrected chi connectivity index (χ2v) is 4.80. The highest BCUT2D eigenvalue weighted by Crippen LogP contribution is 2.25. The van der Waals surface area contributed by atoms with Crippen LogP contribution in [0, 0.1) is 6.92 Å². The number of hydrogen-bond donors (Lipinski definition) is 1. The zero-order chi connectivity index (χ0) is 11.4. The summed E-state index contributed by atoms with van der Waals surface area (Å²) in [7, 11) is 0. The van der Waals surface area contributed by atoms with Crippen molar-refractivity contribution in [1.29, 1.82) is 0 Å². The van der Waals surface area contributed by atoms with E-state index in [0.29, 0.717) is 0 Å². The van der Waals surface area contributed by atoms with E-state index in [1.54, 1.807) is 0 Å². The monoisotopic (exact) mass is 218 g/mol. The van der Waals surface area contributed by atoms with Gasteiger partial charge in [-0.3, -0.25) is 0 Å². The molecule has 1 saturated heterocycles. The van der Waals surface area contributed by atoms with Crippen LogP contribution < -0.4 is 10.6 Å². The lowest BCUT2D eigenvalue weighted by Crippen LogP contribution is -2.27. The molecule has 0 atom stereocenters. The normalized spacial score (nSPS) is 17.9. The molecule has 16 heavy (non-hydrogen) atoms. The maximum atomic E-state index is 5.88. The van der Waals surface area contributed by atoms with Gasteiger partial charge in [-0.2, -0.15) is 0 Å². The maximum Gasteiger partial charge on any atom is 0.0416 e. The van der Waals surface area contributed by atoms with Crippen molar-refractivity contribution in [1.82, 2.24) is 0 Å². The Bertz CT molecular complexity index is 339. The minimum atomic E-state index is 0.877. The van der Waals surface area contributed by atoms with E-state index >= 15 is 0 Å². The molecule has 0 unspecified atom stereocenters. The summed E-state index contributed by atoms with van der Waals surface area (Å²) < 4.78 is 0. The van der Waals surface area contributed by atoms with Crippen molar-refractivity contribution in [2.24, 2.45) is 0 Å². The Hall–Kier alpha value is -1.18. The molecule has 1 aliphatic rings. The van der Waals surface area contributed by atoms with Gasteiger partial charge in [-0.05, 0) is 37.5 Å². The standard InChI is InChI=1S/C14H22N2/c1-12-7-8-13(15)11-14(12)16-9-5-3-2-4-6-10-16/h7-8,11H,2-6,9-10,15H2,1H3. The summed E-state index contributed by atoms with van der Waals surface area (Å²) in [5.74, 6) is 0. The van der Waals surface area contributed by atoms with Gasteiger partial charge in [-0.25, -0.2) is 0 Å². The van der Waals surface area contributed by atoms with Gasteiger partial charge in [0.1, 0.15) is 0 Å². The van der Waals surface area contributed by atoms with Gasteiger partial charge in [0.15, 0.2) is 0 Å². The van der Waals surface area contributed by atoms with Crippen LogP contribution in [0.5, 0.6) is 0 Å². The zero-order valence-electron chi connectivity index (χ0n) is 10.2. The van der Waals surface area contributed by atoms with Crippen LogP contribution in [-0.2, 0) is 0 Å². The highest BCUT2D eigenvalue weighted by Gasteiger charge is 2.11. The molecule has 2 N–H and O–H groups in total. The molecule has 88 valence electrons. The topological polar surface area (TPSA) is 29.3 Å². The van der Waals surface area contributed by atoms with Crippen LogP contribution in [0.1, 0.15) is 37.7 Å². The van der Waals surface area contributed by atoms with Crippen LogP contribution in [0.2, 0.25) is 0 Å². The minimum absolute atomic E-state index is 0.877. The van der Waals surface area contributed by atoms with Crippen molar-refractivity contribution >= 4 is 11.4 Å². The first-order valence-electron chi connectivity index (χ1n) is 6.38. The van der Waals surface area contributed by atoms with E-state index < -0.39 is 0 Å². The van der Waals surface area contributed by atoms with E-state index in [4.69, 9.17) is 5.73 Å². The molecule has 0 radical (unpaired) electrons. The second kappa shape index (κ2) is 5.24. The van der Waals surface area contributed by atoms with E-state index in [-0.39, 0.29) is 0 Å². The van der Waals surface area contributed by atoms with Gasteiger partial charge in [0, 0.05) is 24.5 Å². The molecule has 0 aliphatic carbocycles. The molecule has 1 aromatic rings. The smallest absolute Gasteiger partial charge is 0.0416 e. The van der Waals surface area contributed by atoms with Gasteiger partial charge in [0.05, 0.1) is 0 Å². The Morgan fingerprint density at radius 3 is 2.31 bits per heavy atom. The third-order valence-electron chi connectivity index (χ3n) is 3.43. The molecule has 1 aliphatic heterocycles. The van der Waals surface area contributed by atoms with Gasteiger partial charge in [0.25, 0.3) is 0 Å². The first kappa shape index (κ1) is 11.3. The third kappa shape index (κ3) is 2.69. The quantitative estimate of drug-likeness (QED) is 0.732. The van der Waals surface area contributed by atoms with E-state index in [1.807, 2.05) is 6.07 Å². The number of nitrogens with two attached hydrogens (primary N) is 1. The molecule has 0 aromatic heterocycles. The van der Waals surface area contributed by atoms with Crippen molar-refractivity contribution in [3.8, 4) is 0 Å². The van der Waals surface area contributed by atoms with Crippen molar-refractivity contribution < 1.29 is 0 Å². The first-order valence-corrected chi connectivity index (χ1v) is 6.38. The molecule has 0 saturated carbocycles. The number of anilines is 2. The number of nitrogen functional groups attached to an aromatic ring is 1. The van der Waals surface area contributed by atoms with Gasteiger partial charge in [-0.1, -0.05) is 25.3 Å². The molecule has 2 heteroatoms. The first-order chi connectivity index (χ1) is 7.77. The summed E-state index contributed by atoms with van der Waals surface area (Å²) in [6.07, 6.45) is 6.78. The number of benzene rings is 1. The van der Waals surface area contributed by atoms with Gasteiger partial charge >= 0.3 is 0 Å². The number of hydrogen-bond acceptors (Lipinski definition) is 2. The van der Waals surface area contributed by atoms with Crippen LogP contribution in [0.15, 0.2) is 18.2 Å². The van der Waals surface area contributed by atoms with Crippen LogP contribution in [0.25, 0.3) is 0 Å². The number of rotatable bonds is 1. The minimum Gasteiger partial charge on any atom is -0.399 e. The van der Waals surface area contributed by atoms with Gasteiger partial charge in [0.2, 0.25) is 0 Å². The summed E-state index contributed by atoms with van der Waals surface area (Å²) in [6, 6.07) is 6.24. The molecular formula is C14H22N2. The van der Waals surface area contributed by atoms with E-state index in [2.05, 4.69) is 24.0 Å². The lowest BCUT2D eigenvalue weighted by Gasteiger charge is -2.28. The third-order valence-corrected chi connectivity index (χ3v) is 3.43. The van der Waals surface area contributed by atoms with Crippen LogP contribution in [-0.4, -0.2) is 13.1 Å². The van der Waals surface area contributed by atoms with Crippen molar-refractivity contribution in [3.05, 3.63) is 23.8 Å². The predicted octanol–water partition coefficient (Wildman–Crippen LogP) is 3.35. The highest BCUT2D eigenvalue weighted by atomic mass is 15.1. The predicted molar refractivity (Wildman–Crippen MR) is 70.9 cm³/mol. The Morgan fingerprint density at radius 1 is 1.00 bits per heavy atom. The summed E-state index contributed by atoms with van der Waals surface area (Å²) in [6.45, 7) is 4.54.